The van der Waals surface area contributed by atoms with Crippen LogP contribution in [0.25, 0.3) is 0 Å². The van der Waals surface area contributed by atoms with Gasteiger partial charge >= 0.3 is 0 Å². The van der Waals surface area contributed by atoms with Gasteiger partial charge in [-0.05, 0) is 25.7 Å². The first-order chi connectivity index (χ1) is 6.88. The first-order valence-corrected chi connectivity index (χ1v) is 5.78. The second-order valence-electron chi connectivity index (χ2n) is 4.24. The van der Waals surface area contributed by atoms with Crippen molar-refractivity contribution < 1.29 is 9.53 Å². The third kappa shape index (κ3) is 2.27. The molecule has 2 rings (SSSR count). The van der Waals surface area contributed by atoms with Gasteiger partial charge in [-0.3, -0.25) is 4.79 Å². The summed E-state index contributed by atoms with van der Waals surface area (Å²) in [6, 6.07) is 0. The summed E-state index contributed by atoms with van der Waals surface area (Å²) in [4.78, 5) is 14.0. The Labute approximate surface area is 85.4 Å². The third-order valence-corrected chi connectivity index (χ3v) is 3.12. The zero-order valence-electron chi connectivity index (χ0n) is 8.71. The molecule has 1 amide bonds. The third-order valence-electron chi connectivity index (χ3n) is 3.12. The van der Waals surface area contributed by atoms with Gasteiger partial charge in [0.25, 0.3) is 5.91 Å². The monoisotopic (exact) mass is 197 g/mol. The highest BCUT2D eigenvalue weighted by molar-refractivity contribution is 5.81. The highest BCUT2D eigenvalue weighted by Crippen LogP contribution is 2.17. The Balaban J connectivity index is 1.88. The molecule has 0 saturated carbocycles. The maximum absolute atomic E-state index is 12.0. The molecule has 0 aromatic heterocycles. The summed E-state index contributed by atoms with van der Waals surface area (Å²) in [7, 11) is 0. The van der Waals surface area contributed by atoms with Gasteiger partial charge in [0.05, 0.1) is 0 Å². The lowest BCUT2D eigenvalue weighted by Crippen LogP contribution is -2.39. The van der Waals surface area contributed by atoms with Crippen molar-refractivity contribution in [2.75, 3.05) is 19.7 Å². The van der Waals surface area contributed by atoms with Gasteiger partial charge < -0.3 is 9.64 Å². The van der Waals surface area contributed by atoms with Crippen LogP contribution < -0.4 is 0 Å². The number of likely N-dealkylation sites (tertiary alicyclic amines) is 1. The number of carbonyl (C=O) groups is 1. The fourth-order valence-corrected chi connectivity index (χ4v) is 2.27. The van der Waals surface area contributed by atoms with E-state index in [4.69, 9.17) is 4.74 Å². The van der Waals surface area contributed by atoms with Crippen molar-refractivity contribution in [1.29, 1.82) is 0 Å². The van der Waals surface area contributed by atoms with Crippen LogP contribution in [0, 0.1) is 0 Å². The van der Waals surface area contributed by atoms with Crippen LogP contribution in [0.15, 0.2) is 0 Å². The molecule has 0 aliphatic carbocycles. The fraction of sp³-hybridized carbons (Fsp3) is 0.909. The lowest BCUT2D eigenvalue weighted by Gasteiger charge is -2.23. The molecule has 2 fully saturated rings. The van der Waals surface area contributed by atoms with Crippen molar-refractivity contribution in [1.82, 2.24) is 4.90 Å². The molecule has 0 N–H and O–H groups in total. The van der Waals surface area contributed by atoms with Gasteiger partial charge in [0.15, 0.2) is 0 Å². The minimum Gasteiger partial charge on any atom is -0.368 e. The molecule has 0 spiro atoms. The van der Waals surface area contributed by atoms with Gasteiger partial charge in [-0.25, -0.2) is 0 Å². The standard InChI is InChI=1S/C11H19NO2/c13-11(10-6-5-9-14-10)12-7-3-1-2-4-8-12/h10H,1-9H2/t10-/m1/s1. The van der Waals surface area contributed by atoms with E-state index in [9.17, 15) is 4.79 Å². The molecular weight excluding hydrogens is 178 g/mol. The van der Waals surface area contributed by atoms with Crippen LogP contribution in [0.3, 0.4) is 0 Å². The van der Waals surface area contributed by atoms with Gasteiger partial charge in [-0.2, -0.15) is 0 Å². The number of ether oxygens (including phenoxy) is 1. The average molecular weight is 197 g/mol. The van der Waals surface area contributed by atoms with Gasteiger partial charge in [0.1, 0.15) is 6.10 Å². The van der Waals surface area contributed by atoms with Crippen LogP contribution in [0.5, 0.6) is 0 Å². The summed E-state index contributed by atoms with van der Waals surface area (Å²) in [5.41, 5.74) is 0. The van der Waals surface area contributed by atoms with Crippen molar-refractivity contribution in [3.8, 4) is 0 Å². The molecule has 0 aromatic carbocycles. The molecule has 0 radical (unpaired) electrons. The Morgan fingerprint density at radius 3 is 2.36 bits per heavy atom. The van der Waals surface area contributed by atoms with Crippen molar-refractivity contribution in [3.63, 3.8) is 0 Å². The second-order valence-corrected chi connectivity index (χ2v) is 4.24. The average Bonchev–Trinajstić information content (AvgIpc) is 2.59. The van der Waals surface area contributed by atoms with E-state index in [-0.39, 0.29) is 12.0 Å². The first kappa shape index (κ1) is 9.97. The lowest BCUT2D eigenvalue weighted by atomic mass is 10.2. The number of hydrogen-bond donors (Lipinski definition) is 0. The predicted octanol–water partition coefficient (Wildman–Crippen LogP) is 1.57. The molecule has 3 heteroatoms. The van der Waals surface area contributed by atoms with E-state index in [2.05, 4.69) is 0 Å². The second kappa shape index (κ2) is 4.78. The van der Waals surface area contributed by atoms with E-state index >= 15 is 0 Å². The molecule has 2 aliphatic heterocycles. The largest absolute Gasteiger partial charge is 0.368 e. The highest BCUT2D eigenvalue weighted by Gasteiger charge is 2.28. The zero-order chi connectivity index (χ0) is 9.80. The molecule has 2 heterocycles. The number of carbonyl (C=O) groups excluding carboxylic acids is 1. The highest BCUT2D eigenvalue weighted by atomic mass is 16.5. The molecule has 14 heavy (non-hydrogen) atoms. The molecular formula is C11H19NO2. The summed E-state index contributed by atoms with van der Waals surface area (Å²) in [6.07, 6.45) is 6.73. The number of amides is 1. The Hall–Kier alpha value is -0.570. The van der Waals surface area contributed by atoms with E-state index < -0.39 is 0 Å². The number of nitrogens with zero attached hydrogens (tertiary/aromatic N) is 1. The zero-order valence-corrected chi connectivity index (χ0v) is 8.71. The van der Waals surface area contributed by atoms with Gasteiger partial charge in [-0.1, -0.05) is 12.8 Å². The van der Waals surface area contributed by atoms with Gasteiger partial charge in [0.2, 0.25) is 0 Å². The summed E-state index contributed by atoms with van der Waals surface area (Å²) in [5.74, 6) is 0.240. The van der Waals surface area contributed by atoms with Crippen LogP contribution in [0.1, 0.15) is 38.5 Å². The Kier molecular flexibility index (Phi) is 3.40. The van der Waals surface area contributed by atoms with E-state index in [1.807, 2.05) is 4.90 Å². The van der Waals surface area contributed by atoms with E-state index in [1.165, 1.54) is 25.7 Å². The van der Waals surface area contributed by atoms with E-state index in [0.29, 0.717) is 0 Å². The first-order valence-electron chi connectivity index (χ1n) is 5.78. The maximum atomic E-state index is 12.0. The normalized spacial score (nSPS) is 28.9. The minimum absolute atomic E-state index is 0.118. The molecule has 2 saturated heterocycles. The Bertz CT molecular complexity index is 191. The summed E-state index contributed by atoms with van der Waals surface area (Å²) < 4.78 is 5.42. The van der Waals surface area contributed by atoms with Crippen molar-refractivity contribution >= 4 is 5.91 Å². The molecule has 0 aromatic rings. The summed E-state index contributed by atoms with van der Waals surface area (Å²) in [5, 5.41) is 0. The lowest BCUT2D eigenvalue weighted by molar-refractivity contribution is -0.140. The molecule has 1 atom stereocenters. The number of hydrogen-bond acceptors (Lipinski definition) is 2. The SMILES string of the molecule is O=C([C@H]1CCCO1)N1CCCCCC1. The van der Waals surface area contributed by atoms with Gasteiger partial charge in [0, 0.05) is 19.7 Å². The quantitative estimate of drug-likeness (QED) is 0.638. The van der Waals surface area contributed by atoms with Crippen LogP contribution in [-0.2, 0) is 9.53 Å². The topological polar surface area (TPSA) is 29.5 Å². The van der Waals surface area contributed by atoms with Crippen molar-refractivity contribution in [3.05, 3.63) is 0 Å². The van der Waals surface area contributed by atoms with E-state index in [0.717, 1.165) is 32.5 Å². The molecule has 2 aliphatic rings. The van der Waals surface area contributed by atoms with Crippen LogP contribution in [0.4, 0.5) is 0 Å². The van der Waals surface area contributed by atoms with Crippen LogP contribution in [0.2, 0.25) is 0 Å². The Morgan fingerprint density at radius 2 is 1.79 bits per heavy atom. The smallest absolute Gasteiger partial charge is 0.251 e. The molecule has 0 unspecified atom stereocenters. The number of rotatable bonds is 1. The summed E-state index contributed by atoms with van der Waals surface area (Å²) in [6.45, 7) is 2.65. The minimum atomic E-state index is -0.118. The van der Waals surface area contributed by atoms with Crippen LogP contribution >= 0.6 is 0 Å². The molecule has 80 valence electrons. The van der Waals surface area contributed by atoms with E-state index in [1.54, 1.807) is 0 Å². The van der Waals surface area contributed by atoms with Crippen LogP contribution in [-0.4, -0.2) is 36.6 Å². The van der Waals surface area contributed by atoms with Gasteiger partial charge in [-0.15, -0.1) is 0 Å². The summed E-state index contributed by atoms with van der Waals surface area (Å²) >= 11 is 0. The maximum Gasteiger partial charge on any atom is 0.251 e. The Morgan fingerprint density at radius 1 is 1.07 bits per heavy atom. The molecule has 3 nitrogen and oxygen atoms in total. The predicted molar refractivity (Wildman–Crippen MR) is 54.0 cm³/mol. The fourth-order valence-electron chi connectivity index (χ4n) is 2.27. The van der Waals surface area contributed by atoms with Crippen molar-refractivity contribution in [2.45, 2.75) is 44.6 Å². The van der Waals surface area contributed by atoms with Crippen molar-refractivity contribution in [2.24, 2.45) is 0 Å². The molecule has 0 bridgehead atoms.